The Labute approximate surface area is 124 Å². The van der Waals surface area contributed by atoms with Gasteiger partial charge >= 0.3 is 5.97 Å². The monoisotopic (exact) mass is 282 g/mol. The summed E-state index contributed by atoms with van der Waals surface area (Å²) in [7, 11) is 2.06. The normalized spacial score (nSPS) is 19.6. The number of hydrogen-bond donors (Lipinski definition) is 0. The van der Waals surface area contributed by atoms with Crippen molar-refractivity contribution in [3.8, 4) is 0 Å². The van der Waals surface area contributed by atoms with Crippen LogP contribution in [0.5, 0.6) is 0 Å². The topological polar surface area (TPSA) is 54.8 Å². The third-order valence-corrected chi connectivity index (χ3v) is 4.06. The number of aromatic nitrogens is 1. The van der Waals surface area contributed by atoms with Gasteiger partial charge in [-0.25, -0.2) is 14.8 Å². The zero-order valence-electron chi connectivity index (χ0n) is 12.1. The van der Waals surface area contributed by atoms with Gasteiger partial charge in [0, 0.05) is 18.3 Å². The summed E-state index contributed by atoms with van der Waals surface area (Å²) < 4.78 is 5.02. The average molecular weight is 282 g/mol. The molecule has 6 heteroatoms. The van der Waals surface area contributed by atoms with E-state index in [1.165, 1.54) is 25.7 Å². The number of aliphatic imine (C=N–C) groups is 1. The number of carbonyl (C=O) groups is 1. The standard InChI is InChI=1S/C15H17BN3O2/c1-2-21-14(20)9-7-12-13(17-8-9)18-15(16-12)19(10-3-4-10)11-5-6-11/h7-8,10-11H,2-6H2,1H3. The number of carbonyl (C=O) groups excluding carboxylic acids is 1. The number of nitrogens with zero attached hydrogens (tertiary/aromatic N) is 3. The number of rotatable bonds is 4. The fourth-order valence-corrected chi connectivity index (χ4v) is 2.79. The highest BCUT2D eigenvalue weighted by molar-refractivity contribution is 6.87. The zero-order chi connectivity index (χ0) is 14.4. The van der Waals surface area contributed by atoms with E-state index in [0.29, 0.717) is 30.1 Å². The van der Waals surface area contributed by atoms with Crippen LogP contribution in [0.25, 0.3) is 0 Å². The molecule has 3 aliphatic rings. The summed E-state index contributed by atoms with van der Waals surface area (Å²) in [5.41, 5.74) is 2.43. The summed E-state index contributed by atoms with van der Waals surface area (Å²) >= 11 is 0. The SMILES string of the molecule is CCOC(=O)c1cnc2c(c1)[B]C(N(C1CC1)C1CC1)=N2. The van der Waals surface area contributed by atoms with Crippen molar-refractivity contribution in [3.63, 3.8) is 0 Å². The first-order chi connectivity index (χ1) is 10.3. The molecule has 1 radical (unpaired) electrons. The van der Waals surface area contributed by atoms with E-state index in [0.717, 1.165) is 11.2 Å². The minimum absolute atomic E-state index is 0.323. The Hall–Kier alpha value is -1.85. The molecule has 1 aromatic rings. The Bertz CT molecular complexity index is 611. The van der Waals surface area contributed by atoms with Crippen LogP contribution in [0.2, 0.25) is 0 Å². The molecule has 107 valence electrons. The number of pyridine rings is 1. The molecule has 0 atom stereocenters. The first kappa shape index (κ1) is 12.9. The van der Waals surface area contributed by atoms with Crippen LogP contribution in [0, 0.1) is 0 Å². The van der Waals surface area contributed by atoms with Crippen LogP contribution < -0.4 is 5.46 Å². The van der Waals surface area contributed by atoms with Gasteiger partial charge in [-0.05, 0) is 44.1 Å². The van der Waals surface area contributed by atoms with E-state index in [2.05, 4.69) is 22.2 Å². The molecule has 2 fully saturated rings. The summed E-state index contributed by atoms with van der Waals surface area (Å²) in [4.78, 5) is 23.2. The fourth-order valence-electron chi connectivity index (χ4n) is 2.79. The van der Waals surface area contributed by atoms with Gasteiger partial charge in [0.15, 0.2) is 0 Å². The first-order valence-electron chi connectivity index (χ1n) is 7.65. The molecule has 0 aromatic carbocycles. The molecule has 1 aromatic heterocycles. The number of fused-ring (bicyclic) bond motifs is 1. The van der Waals surface area contributed by atoms with E-state index in [1.54, 1.807) is 13.1 Å². The molecule has 0 N–H and O–H groups in total. The van der Waals surface area contributed by atoms with Crippen LogP contribution in [-0.2, 0) is 4.74 Å². The molecule has 2 heterocycles. The van der Waals surface area contributed by atoms with Crippen molar-refractivity contribution < 1.29 is 9.53 Å². The molecule has 0 amide bonds. The van der Waals surface area contributed by atoms with Crippen LogP contribution >= 0.6 is 0 Å². The molecular weight excluding hydrogens is 265 g/mol. The van der Waals surface area contributed by atoms with Crippen LogP contribution in [0.1, 0.15) is 43.0 Å². The number of amidine groups is 1. The molecule has 4 rings (SSSR count). The van der Waals surface area contributed by atoms with Crippen molar-refractivity contribution >= 4 is 30.3 Å². The lowest BCUT2D eigenvalue weighted by Gasteiger charge is -2.24. The van der Waals surface area contributed by atoms with Crippen molar-refractivity contribution in [1.29, 1.82) is 0 Å². The second-order valence-electron chi connectivity index (χ2n) is 5.84. The maximum Gasteiger partial charge on any atom is 0.339 e. The van der Waals surface area contributed by atoms with Gasteiger partial charge in [0.2, 0.25) is 7.28 Å². The van der Waals surface area contributed by atoms with Crippen molar-refractivity contribution in [2.75, 3.05) is 6.61 Å². The van der Waals surface area contributed by atoms with E-state index in [4.69, 9.17) is 4.74 Å². The highest BCUT2D eigenvalue weighted by Gasteiger charge is 2.42. The van der Waals surface area contributed by atoms with Gasteiger partial charge in [0.1, 0.15) is 5.82 Å². The molecule has 21 heavy (non-hydrogen) atoms. The predicted octanol–water partition coefficient (Wildman–Crippen LogP) is 1.22. The Kier molecular flexibility index (Phi) is 2.98. The van der Waals surface area contributed by atoms with Crippen LogP contribution in [0.4, 0.5) is 5.82 Å². The van der Waals surface area contributed by atoms with Gasteiger partial charge in [-0.1, -0.05) is 0 Å². The smallest absolute Gasteiger partial charge is 0.339 e. The van der Waals surface area contributed by atoms with Crippen LogP contribution in [0.15, 0.2) is 17.3 Å². The molecule has 2 saturated carbocycles. The van der Waals surface area contributed by atoms with Gasteiger partial charge in [0.25, 0.3) is 0 Å². The minimum atomic E-state index is -0.323. The van der Waals surface area contributed by atoms with Crippen molar-refractivity contribution in [3.05, 3.63) is 17.8 Å². The van der Waals surface area contributed by atoms with Gasteiger partial charge in [-0.2, -0.15) is 0 Å². The number of ether oxygens (including phenoxy) is 1. The van der Waals surface area contributed by atoms with Crippen molar-refractivity contribution in [2.24, 2.45) is 4.99 Å². The van der Waals surface area contributed by atoms with Gasteiger partial charge in [-0.15, -0.1) is 0 Å². The lowest BCUT2D eigenvalue weighted by Crippen LogP contribution is -2.40. The zero-order valence-corrected chi connectivity index (χ0v) is 12.1. The molecule has 5 nitrogen and oxygen atoms in total. The van der Waals surface area contributed by atoms with E-state index in [9.17, 15) is 4.79 Å². The first-order valence-corrected chi connectivity index (χ1v) is 7.65. The lowest BCUT2D eigenvalue weighted by molar-refractivity contribution is 0.0526. The summed E-state index contributed by atoms with van der Waals surface area (Å²) in [5.74, 6) is 0.389. The molecule has 0 saturated heterocycles. The summed E-state index contributed by atoms with van der Waals surface area (Å²) in [6.07, 6.45) is 6.61. The molecule has 2 aliphatic carbocycles. The van der Waals surface area contributed by atoms with E-state index in [1.807, 2.05) is 6.07 Å². The van der Waals surface area contributed by atoms with Gasteiger partial charge in [0.05, 0.1) is 17.9 Å². The van der Waals surface area contributed by atoms with E-state index in [-0.39, 0.29) is 5.97 Å². The highest BCUT2D eigenvalue weighted by Crippen LogP contribution is 2.38. The third-order valence-electron chi connectivity index (χ3n) is 4.06. The third kappa shape index (κ3) is 2.43. The second kappa shape index (κ2) is 4.86. The Morgan fingerprint density at radius 1 is 1.38 bits per heavy atom. The largest absolute Gasteiger partial charge is 0.462 e. The quantitative estimate of drug-likeness (QED) is 0.615. The van der Waals surface area contributed by atoms with Crippen LogP contribution in [-0.4, -0.2) is 47.6 Å². The summed E-state index contributed by atoms with van der Waals surface area (Å²) in [5, 5.41) is 0. The van der Waals surface area contributed by atoms with Gasteiger partial charge in [-0.3, -0.25) is 0 Å². The highest BCUT2D eigenvalue weighted by atomic mass is 16.5. The maximum atomic E-state index is 11.8. The molecule has 0 unspecified atom stereocenters. The average Bonchev–Trinajstić information content (AvgIpc) is 3.38. The van der Waals surface area contributed by atoms with Crippen LogP contribution in [0.3, 0.4) is 0 Å². The second-order valence-corrected chi connectivity index (χ2v) is 5.84. The van der Waals surface area contributed by atoms with Crippen molar-refractivity contribution in [1.82, 2.24) is 9.88 Å². The molecule has 0 spiro atoms. The Morgan fingerprint density at radius 2 is 2.10 bits per heavy atom. The summed E-state index contributed by atoms with van der Waals surface area (Å²) in [6, 6.07) is 3.15. The summed E-state index contributed by atoms with van der Waals surface area (Å²) in [6.45, 7) is 2.17. The van der Waals surface area contributed by atoms with E-state index >= 15 is 0 Å². The van der Waals surface area contributed by atoms with Crippen molar-refractivity contribution in [2.45, 2.75) is 44.7 Å². The minimum Gasteiger partial charge on any atom is -0.462 e. The van der Waals surface area contributed by atoms with Gasteiger partial charge < -0.3 is 9.64 Å². The number of esters is 1. The predicted molar refractivity (Wildman–Crippen MR) is 80.6 cm³/mol. The Morgan fingerprint density at radius 3 is 2.71 bits per heavy atom. The molecule has 0 bridgehead atoms. The van der Waals surface area contributed by atoms with E-state index < -0.39 is 0 Å². The lowest BCUT2D eigenvalue weighted by atomic mass is 9.70. The molecule has 1 aliphatic heterocycles. The number of hydrogen-bond acceptors (Lipinski definition) is 5. The maximum absolute atomic E-state index is 11.8. The molecular formula is C15H17BN3O2. The fraction of sp³-hybridized carbons (Fsp3) is 0.533. The Balaban J connectivity index is 1.55.